The quantitative estimate of drug-likeness (QED) is 0.914. The van der Waals surface area contributed by atoms with Gasteiger partial charge in [0.15, 0.2) is 0 Å². The second-order valence-electron chi connectivity index (χ2n) is 5.16. The van der Waals surface area contributed by atoms with Crippen molar-refractivity contribution in [2.24, 2.45) is 5.92 Å². The van der Waals surface area contributed by atoms with Crippen LogP contribution in [0.1, 0.15) is 19.8 Å². The Morgan fingerprint density at radius 1 is 1.25 bits per heavy atom. The van der Waals surface area contributed by atoms with Crippen LogP contribution in [0, 0.1) is 5.92 Å². The van der Waals surface area contributed by atoms with E-state index in [0.29, 0.717) is 31.7 Å². The van der Waals surface area contributed by atoms with Crippen LogP contribution in [0.5, 0.6) is 5.75 Å². The summed E-state index contributed by atoms with van der Waals surface area (Å²) in [5.74, 6) is 0.828. The zero-order valence-electron chi connectivity index (χ0n) is 11.8. The van der Waals surface area contributed by atoms with Crippen molar-refractivity contribution in [1.82, 2.24) is 4.31 Å². The highest BCUT2D eigenvalue weighted by atomic mass is 32.2. The zero-order valence-corrected chi connectivity index (χ0v) is 12.6. The van der Waals surface area contributed by atoms with Crippen LogP contribution < -0.4 is 4.74 Å². The molecular weight excluding hydrogens is 278 g/mol. The number of hydrogen-bond donors (Lipinski definition) is 1. The Balaban J connectivity index is 2.11. The summed E-state index contributed by atoms with van der Waals surface area (Å²) in [6.45, 7) is 2.69. The molecule has 1 atom stereocenters. The summed E-state index contributed by atoms with van der Waals surface area (Å²) in [4.78, 5) is 0.286. The highest BCUT2D eigenvalue weighted by Gasteiger charge is 2.30. The fraction of sp³-hybridized carbons (Fsp3) is 0.571. The number of methoxy groups -OCH3 is 1. The Morgan fingerprint density at radius 2 is 1.80 bits per heavy atom. The van der Waals surface area contributed by atoms with Gasteiger partial charge < -0.3 is 9.84 Å². The number of aliphatic hydroxyl groups excluding tert-OH is 1. The molecule has 5 nitrogen and oxygen atoms in total. The molecule has 0 amide bonds. The number of nitrogens with zero attached hydrogens (tertiary/aromatic N) is 1. The summed E-state index contributed by atoms with van der Waals surface area (Å²) < 4.78 is 31.5. The van der Waals surface area contributed by atoms with E-state index in [-0.39, 0.29) is 16.9 Å². The molecule has 1 heterocycles. The van der Waals surface area contributed by atoms with E-state index in [1.165, 1.54) is 4.31 Å². The van der Waals surface area contributed by atoms with E-state index in [0.717, 1.165) is 0 Å². The molecule has 0 aliphatic carbocycles. The lowest BCUT2D eigenvalue weighted by Gasteiger charge is -2.32. The van der Waals surface area contributed by atoms with Gasteiger partial charge >= 0.3 is 0 Å². The molecule has 1 aromatic carbocycles. The largest absolute Gasteiger partial charge is 0.497 e. The third-order valence-corrected chi connectivity index (χ3v) is 5.79. The topological polar surface area (TPSA) is 66.8 Å². The van der Waals surface area contributed by atoms with Crippen molar-refractivity contribution in [2.45, 2.75) is 30.8 Å². The third-order valence-electron chi connectivity index (χ3n) is 3.88. The summed E-state index contributed by atoms with van der Waals surface area (Å²) in [7, 11) is -1.89. The highest BCUT2D eigenvalue weighted by Crippen LogP contribution is 2.26. The predicted octanol–water partition coefficient (Wildman–Crippen LogP) is 1.48. The average molecular weight is 299 g/mol. The van der Waals surface area contributed by atoms with Crippen LogP contribution in [0.25, 0.3) is 0 Å². The Hall–Kier alpha value is -1.11. The molecule has 1 N–H and O–H groups in total. The van der Waals surface area contributed by atoms with E-state index >= 15 is 0 Å². The maximum absolute atomic E-state index is 12.5. The van der Waals surface area contributed by atoms with Crippen LogP contribution in [0.15, 0.2) is 29.2 Å². The van der Waals surface area contributed by atoms with Crippen molar-refractivity contribution in [3.8, 4) is 5.75 Å². The van der Waals surface area contributed by atoms with Gasteiger partial charge in [-0.25, -0.2) is 8.42 Å². The van der Waals surface area contributed by atoms with Crippen LogP contribution >= 0.6 is 0 Å². The number of hydrogen-bond acceptors (Lipinski definition) is 4. The first-order valence-electron chi connectivity index (χ1n) is 6.77. The van der Waals surface area contributed by atoms with Crippen molar-refractivity contribution in [3.05, 3.63) is 24.3 Å². The molecule has 0 aromatic heterocycles. The molecule has 0 spiro atoms. The number of aliphatic hydroxyl groups is 1. The van der Waals surface area contributed by atoms with E-state index in [9.17, 15) is 13.5 Å². The fourth-order valence-corrected chi connectivity index (χ4v) is 3.96. The lowest BCUT2D eigenvalue weighted by molar-refractivity contribution is 0.0912. The molecule has 2 rings (SSSR count). The lowest BCUT2D eigenvalue weighted by atomic mass is 9.93. The Kier molecular flexibility index (Phi) is 4.67. The monoisotopic (exact) mass is 299 g/mol. The summed E-state index contributed by atoms with van der Waals surface area (Å²) in [5, 5.41) is 9.56. The predicted molar refractivity (Wildman–Crippen MR) is 76.2 cm³/mol. The number of rotatable bonds is 4. The minimum atomic E-state index is -3.44. The summed E-state index contributed by atoms with van der Waals surface area (Å²) >= 11 is 0. The van der Waals surface area contributed by atoms with Gasteiger partial charge in [-0.15, -0.1) is 0 Å². The molecule has 0 radical (unpaired) electrons. The van der Waals surface area contributed by atoms with Crippen molar-refractivity contribution in [3.63, 3.8) is 0 Å². The van der Waals surface area contributed by atoms with Gasteiger partial charge in [-0.2, -0.15) is 4.31 Å². The lowest BCUT2D eigenvalue weighted by Crippen LogP contribution is -2.40. The van der Waals surface area contributed by atoms with E-state index in [2.05, 4.69) is 0 Å². The first-order valence-corrected chi connectivity index (χ1v) is 8.21. The minimum Gasteiger partial charge on any atom is -0.497 e. The number of ether oxygens (including phenoxy) is 1. The summed E-state index contributed by atoms with van der Waals surface area (Å²) in [6.07, 6.45) is 1.03. The van der Waals surface area contributed by atoms with Crippen LogP contribution in [-0.2, 0) is 10.0 Å². The number of piperidine rings is 1. The standard InChI is InChI=1S/C14H21NO4S/c1-11(16)12-7-9-15(10-8-12)20(17,18)14-5-3-13(19-2)4-6-14/h3-6,11-12,16H,7-10H2,1-2H3. The molecule has 112 valence electrons. The summed E-state index contributed by atoms with van der Waals surface area (Å²) in [6, 6.07) is 6.43. The maximum Gasteiger partial charge on any atom is 0.243 e. The van der Waals surface area contributed by atoms with E-state index < -0.39 is 10.0 Å². The van der Waals surface area contributed by atoms with Crippen LogP contribution in [0.3, 0.4) is 0 Å². The van der Waals surface area contributed by atoms with Crippen LogP contribution in [0.2, 0.25) is 0 Å². The van der Waals surface area contributed by atoms with E-state index in [4.69, 9.17) is 4.74 Å². The molecular formula is C14H21NO4S. The SMILES string of the molecule is COc1ccc(S(=O)(=O)N2CCC(C(C)O)CC2)cc1. The molecule has 20 heavy (non-hydrogen) atoms. The van der Waals surface area contributed by atoms with Crippen molar-refractivity contribution in [1.29, 1.82) is 0 Å². The van der Waals surface area contributed by atoms with Gasteiger partial charge in [0, 0.05) is 13.1 Å². The molecule has 1 aromatic rings. The van der Waals surface area contributed by atoms with Crippen LogP contribution in [0.4, 0.5) is 0 Å². The van der Waals surface area contributed by atoms with Crippen LogP contribution in [-0.4, -0.2) is 44.1 Å². The van der Waals surface area contributed by atoms with Gasteiger partial charge in [0.2, 0.25) is 10.0 Å². The molecule has 1 fully saturated rings. The zero-order chi connectivity index (χ0) is 14.8. The fourth-order valence-electron chi connectivity index (χ4n) is 2.50. The van der Waals surface area contributed by atoms with Gasteiger partial charge in [-0.05, 0) is 49.9 Å². The van der Waals surface area contributed by atoms with Crippen molar-refractivity contribution < 1.29 is 18.3 Å². The highest BCUT2D eigenvalue weighted by molar-refractivity contribution is 7.89. The summed E-state index contributed by atoms with van der Waals surface area (Å²) in [5.41, 5.74) is 0. The molecule has 1 saturated heterocycles. The normalized spacial score (nSPS) is 19.8. The Bertz CT molecular complexity index is 531. The molecule has 0 bridgehead atoms. The molecule has 6 heteroatoms. The third kappa shape index (κ3) is 3.13. The minimum absolute atomic E-state index is 0.192. The van der Waals surface area contributed by atoms with E-state index in [1.54, 1.807) is 38.3 Å². The second-order valence-corrected chi connectivity index (χ2v) is 7.10. The molecule has 1 aliphatic heterocycles. The van der Waals surface area contributed by atoms with Gasteiger partial charge in [0.05, 0.1) is 18.1 Å². The maximum atomic E-state index is 12.5. The smallest absolute Gasteiger partial charge is 0.243 e. The van der Waals surface area contributed by atoms with Gasteiger partial charge in [-0.3, -0.25) is 0 Å². The first-order chi connectivity index (χ1) is 9.45. The van der Waals surface area contributed by atoms with Crippen molar-refractivity contribution in [2.75, 3.05) is 20.2 Å². The first kappa shape index (κ1) is 15.3. The number of sulfonamides is 1. The Labute approximate surface area is 120 Å². The number of benzene rings is 1. The van der Waals surface area contributed by atoms with Crippen molar-refractivity contribution >= 4 is 10.0 Å². The van der Waals surface area contributed by atoms with E-state index in [1.807, 2.05) is 0 Å². The van der Waals surface area contributed by atoms with Gasteiger partial charge in [0.25, 0.3) is 0 Å². The molecule has 1 aliphatic rings. The van der Waals surface area contributed by atoms with Gasteiger partial charge in [-0.1, -0.05) is 0 Å². The molecule has 1 unspecified atom stereocenters. The van der Waals surface area contributed by atoms with Gasteiger partial charge in [0.1, 0.15) is 5.75 Å². The second kappa shape index (κ2) is 6.11. The Morgan fingerprint density at radius 3 is 2.25 bits per heavy atom. The molecule has 0 saturated carbocycles. The average Bonchev–Trinajstić information content (AvgIpc) is 2.47.